The van der Waals surface area contributed by atoms with E-state index in [9.17, 15) is 9.59 Å². The molecule has 3 aliphatic rings. The fraction of sp³-hybridized carbons (Fsp3) is 0.391. The van der Waals surface area contributed by atoms with E-state index in [-0.39, 0.29) is 24.0 Å². The van der Waals surface area contributed by atoms with E-state index in [2.05, 4.69) is 12.2 Å². The molecule has 0 spiro atoms. The first kappa shape index (κ1) is 19.8. The first-order valence-corrected chi connectivity index (χ1v) is 10.4. The van der Waals surface area contributed by atoms with Crippen molar-refractivity contribution in [1.29, 1.82) is 0 Å². The molecule has 5 rings (SSSR count). The van der Waals surface area contributed by atoms with Crippen LogP contribution >= 0.6 is 11.6 Å². The van der Waals surface area contributed by atoms with Gasteiger partial charge in [0.05, 0.1) is 10.6 Å². The minimum absolute atomic E-state index is 0.0104. The number of ether oxygens (including phenoxy) is 1. The number of rotatable bonds is 3. The third kappa shape index (κ3) is 3.60. The maximum Gasteiger partial charge on any atom is 0.257 e. The molecule has 0 saturated carbocycles. The fourth-order valence-corrected chi connectivity index (χ4v) is 4.50. The first-order valence-electron chi connectivity index (χ1n) is 9.99. The lowest BCUT2D eigenvalue weighted by Gasteiger charge is -2.41. The van der Waals surface area contributed by atoms with Crippen molar-refractivity contribution in [3.05, 3.63) is 63.2 Å². The summed E-state index contributed by atoms with van der Waals surface area (Å²) >= 11 is 6.68. The van der Waals surface area contributed by atoms with Crippen molar-refractivity contribution < 1.29 is 14.3 Å². The molecule has 152 valence electrons. The highest BCUT2D eigenvalue weighted by molar-refractivity contribution is 6.33. The van der Waals surface area contributed by atoms with Crippen LogP contribution in [0, 0.1) is 6.92 Å². The predicted molar refractivity (Wildman–Crippen MR) is 113 cm³/mol. The molecule has 2 atom stereocenters. The molecule has 29 heavy (non-hydrogen) atoms. The Bertz CT molecular complexity index is 971. The molecule has 2 aromatic carbocycles. The number of benzene rings is 2. The average molecular weight is 413 g/mol. The Morgan fingerprint density at radius 2 is 2.03 bits per heavy atom. The van der Waals surface area contributed by atoms with Crippen LogP contribution in [0.4, 0.5) is 0 Å². The second kappa shape index (κ2) is 7.71. The molecular weight excluding hydrogens is 388 g/mol. The molecule has 1 N–H and O–H groups in total. The van der Waals surface area contributed by atoms with Crippen molar-refractivity contribution >= 4 is 23.4 Å². The molecule has 1 fully saturated rings. The van der Waals surface area contributed by atoms with Crippen molar-refractivity contribution in [3.8, 4) is 5.75 Å². The highest BCUT2D eigenvalue weighted by Gasteiger charge is 2.36. The van der Waals surface area contributed by atoms with Gasteiger partial charge in [0.15, 0.2) is 5.75 Å². The van der Waals surface area contributed by atoms with Crippen LogP contribution in [0.3, 0.4) is 0 Å². The van der Waals surface area contributed by atoms with E-state index in [0.717, 1.165) is 29.5 Å². The zero-order valence-electron chi connectivity index (χ0n) is 16.9. The number of nitrogens with one attached hydrogen (secondary N) is 1. The van der Waals surface area contributed by atoms with Crippen LogP contribution in [0.2, 0.25) is 5.02 Å². The van der Waals surface area contributed by atoms with Gasteiger partial charge in [-0.15, -0.1) is 0 Å². The van der Waals surface area contributed by atoms with Gasteiger partial charge in [-0.2, -0.15) is 0 Å². The lowest BCUT2D eigenvalue weighted by Crippen LogP contribution is -2.49. The van der Waals surface area contributed by atoms with E-state index in [0.29, 0.717) is 34.9 Å². The quantitative estimate of drug-likeness (QED) is 0.829. The number of hydrogen-bond donors (Lipinski definition) is 1. The van der Waals surface area contributed by atoms with Crippen molar-refractivity contribution in [1.82, 2.24) is 10.2 Å². The minimum atomic E-state index is -0.113. The van der Waals surface area contributed by atoms with Crippen LogP contribution in [-0.4, -0.2) is 42.5 Å². The fourth-order valence-electron chi connectivity index (χ4n) is 4.23. The molecule has 0 unspecified atom stereocenters. The number of carbonyl (C=O) groups is 2. The Kier molecular flexibility index (Phi) is 5.26. The van der Waals surface area contributed by atoms with Crippen LogP contribution in [0.1, 0.15) is 57.2 Å². The third-order valence-electron chi connectivity index (χ3n) is 6.02. The summed E-state index contributed by atoms with van der Waals surface area (Å²) in [5.41, 5.74) is 4.13. The monoisotopic (exact) mass is 412 g/mol. The maximum absolute atomic E-state index is 13.2. The Morgan fingerprint density at radius 1 is 1.31 bits per heavy atom. The topological polar surface area (TPSA) is 58.6 Å². The number of hydrogen-bond acceptors (Lipinski definition) is 3. The molecule has 1 saturated heterocycles. The van der Waals surface area contributed by atoms with E-state index in [1.54, 1.807) is 19.2 Å². The zero-order chi connectivity index (χ0) is 20.7. The number of amides is 2. The maximum atomic E-state index is 13.2. The van der Waals surface area contributed by atoms with Gasteiger partial charge in [0.1, 0.15) is 6.10 Å². The summed E-state index contributed by atoms with van der Waals surface area (Å²) in [4.78, 5) is 26.9. The standard InChI is InChI=1S/C23H25ClN2O3/c1-13-10-18-8-9-26(13)23(28)19-12-17(14(2)20(24)21(19)29-18)11-15-4-6-16(7-5-15)22(27)25-3/h4-7,12-13,18H,8-11H2,1-3H3,(H,25,27)/t13-,18+/m1/s1. The van der Waals surface area contributed by atoms with Crippen molar-refractivity contribution in [2.75, 3.05) is 13.6 Å². The third-order valence-corrected chi connectivity index (χ3v) is 6.47. The Balaban J connectivity index is 1.70. The van der Waals surface area contributed by atoms with Crippen LogP contribution < -0.4 is 10.1 Å². The second-order valence-electron chi connectivity index (χ2n) is 7.92. The van der Waals surface area contributed by atoms with Gasteiger partial charge >= 0.3 is 0 Å². The van der Waals surface area contributed by atoms with Crippen molar-refractivity contribution in [2.45, 2.75) is 45.3 Å². The minimum Gasteiger partial charge on any atom is -0.488 e. The van der Waals surface area contributed by atoms with E-state index >= 15 is 0 Å². The molecule has 0 radical (unpaired) electrons. The van der Waals surface area contributed by atoms with Gasteiger partial charge in [0.25, 0.3) is 11.8 Å². The molecule has 2 aromatic rings. The number of carbonyl (C=O) groups excluding carboxylic acids is 2. The lowest BCUT2D eigenvalue weighted by molar-refractivity contribution is 0.0349. The summed E-state index contributed by atoms with van der Waals surface area (Å²) in [7, 11) is 1.61. The van der Waals surface area contributed by atoms with Gasteiger partial charge in [0, 0.05) is 38.0 Å². The molecule has 2 bridgehead atoms. The Hall–Kier alpha value is -2.53. The van der Waals surface area contributed by atoms with Crippen LogP contribution in [-0.2, 0) is 6.42 Å². The first-order chi connectivity index (χ1) is 13.9. The van der Waals surface area contributed by atoms with Crippen LogP contribution in [0.15, 0.2) is 30.3 Å². The summed E-state index contributed by atoms with van der Waals surface area (Å²) in [5, 5.41) is 3.14. The van der Waals surface area contributed by atoms with E-state index in [4.69, 9.17) is 16.3 Å². The largest absolute Gasteiger partial charge is 0.488 e. The molecular formula is C23H25ClN2O3. The van der Waals surface area contributed by atoms with E-state index in [1.807, 2.05) is 30.0 Å². The Morgan fingerprint density at radius 3 is 2.69 bits per heavy atom. The van der Waals surface area contributed by atoms with Gasteiger partial charge in [-0.1, -0.05) is 23.7 Å². The predicted octanol–water partition coefficient (Wildman–Crippen LogP) is 3.98. The van der Waals surface area contributed by atoms with Gasteiger partial charge in [-0.25, -0.2) is 0 Å². The van der Waals surface area contributed by atoms with Crippen LogP contribution in [0.5, 0.6) is 5.75 Å². The number of fused-ring (bicyclic) bond motifs is 2. The van der Waals surface area contributed by atoms with E-state index < -0.39 is 0 Å². The summed E-state index contributed by atoms with van der Waals surface area (Å²) in [5.74, 6) is 0.399. The SMILES string of the molecule is CNC(=O)c1ccc(Cc2cc3c(c(Cl)c2C)O[C@H]2CCN(C3=O)[C@H](C)C2)cc1. The summed E-state index contributed by atoms with van der Waals surface area (Å²) < 4.78 is 6.21. The lowest BCUT2D eigenvalue weighted by atomic mass is 9.93. The number of nitrogens with zero attached hydrogens (tertiary/aromatic N) is 1. The highest BCUT2D eigenvalue weighted by Crippen LogP contribution is 2.40. The second-order valence-corrected chi connectivity index (χ2v) is 8.29. The summed E-state index contributed by atoms with van der Waals surface area (Å²) in [6.45, 7) is 4.75. The zero-order valence-corrected chi connectivity index (χ0v) is 17.7. The van der Waals surface area contributed by atoms with E-state index in [1.165, 1.54) is 0 Å². The molecule has 6 heteroatoms. The van der Waals surface area contributed by atoms with Gasteiger partial charge in [0.2, 0.25) is 0 Å². The smallest absolute Gasteiger partial charge is 0.257 e. The Labute approximate surface area is 176 Å². The molecule has 2 amide bonds. The van der Waals surface area contributed by atoms with Crippen molar-refractivity contribution in [3.63, 3.8) is 0 Å². The van der Waals surface area contributed by atoms with Gasteiger partial charge in [-0.05, 0) is 55.2 Å². The molecule has 3 aliphatic heterocycles. The van der Waals surface area contributed by atoms with Crippen LogP contribution in [0.25, 0.3) is 0 Å². The molecule has 0 aromatic heterocycles. The van der Waals surface area contributed by atoms with Crippen molar-refractivity contribution in [2.24, 2.45) is 0 Å². The van der Waals surface area contributed by atoms with Gasteiger partial charge in [-0.3, -0.25) is 9.59 Å². The number of piperidine rings is 1. The average Bonchev–Trinajstić information content (AvgIpc) is 2.72. The normalized spacial score (nSPS) is 20.6. The molecule has 0 aliphatic carbocycles. The highest BCUT2D eigenvalue weighted by atomic mass is 35.5. The summed E-state index contributed by atoms with van der Waals surface area (Å²) in [6, 6.07) is 9.56. The van der Waals surface area contributed by atoms with Gasteiger partial charge < -0.3 is 15.0 Å². The molecule has 3 heterocycles. The number of halogens is 1. The summed E-state index contributed by atoms with van der Waals surface area (Å²) in [6.07, 6.45) is 2.39. The molecule has 5 nitrogen and oxygen atoms in total.